The summed E-state index contributed by atoms with van der Waals surface area (Å²) in [6.07, 6.45) is 1.69. The van der Waals surface area contributed by atoms with E-state index in [0.29, 0.717) is 12.2 Å². The van der Waals surface area contributed by atoms with Gasteiger partial charge < -0.3 is 25.2 Å². The van der Waals surface area contributed by atoms with E-state index in [9.17, 15) is 24.4 Å². The van der Waals surface area contributed by atoms with Crippen molar-refractivity contribution in [3.63, 3.8) is 0 Å². The fraction of sp³-hybridized carbons (Fsp3) is 0.652. The molecule has 1 aliphatic carbocycles. The van der Waals surface area contributed by atoms with Crippen LogP contribution in [-0.2, 0) is 19.1 Å². The summed E-state index contributed by atoms with van der Waals surface area (Å²) in [6.45, 7) is 7.21. The molecule has 1 aromatic heterocycles. The quantitative estimate of drug-likeness (QED) is 0.381. The molecule has 0 aliphatic heterocycles. The van der Waals surface area contributed by atoms with Crippen LogP contribution in [0, 0.1) is 29.6 Å². The van der Waals surface area contributed by atoms with E-state index in [1.54, 1.807) is 6.92 Å². The van der Waals surface area contributed by atoms with Crippen molar-refractivity contribution in [2.24, 2.45) is 11.3 Å². The third-order valence-electron chi connectivity index (χ3n) is 5.68. The first kappa shape index (κ1) is 27.0. The minimum atomic E-state index is -1.21. The van der Waals surface area contributed by atoms with Crippen LogP contribution in [0.1, 0.15) is 62.7 Å². The van der Waals surface area contributed by atoms with E-state index in [4.69, 9.17) is 9.26 Å². The Morgan fingerprint density at radius 3 is 2.26 bits per heavy atom. The highest BCUT2D eigenvalue weighted by Gasteiger charge is 2.48. The maximum Gasteiger partial charge on any atom is 0.274 e. The highest BCUT2D eigenvalue weighted by Crippen LogP contribution is 2.47. The molecule has 2 rings (SSSR count). The Morgan fingerprint density at radius 1 is 1.15 bits per heavy atom. The summed E-state index contributed by atoms with van der Waals surface area (Å²) in [5, 5.41) is 20.5. The van der Waals surface area contributed by atoms with E-state index in [0.717, 1.165) is 12.8 Å². The summed E-state index contributed by atoms with van der Waals surface area (Å²) in [5.41, 5.74) is -0.449. The Hall–Kier alpha value is -3.26. The Bertz CT molecular complexity index is 946. The van der Waals surface area contributed by atoms with Gasteiger partial charge in [0.25, 0.3) is 5.91 Å². The van der Waals surface area contributed by atoms with Crippen molar-refractivity contribution >= 4 is 23.5 Å². The van der Waals surface area contributed by atoms with Crippen molar-refractivity contribution in [2.75, 3.05) is 13.7 Å². The number of nitrogens with one attached hydrogen (secondary N) is 3. The molecule has 3 N–H and O–H groups in total. The van der Waals surface area contributed by atoms with Gasteiger partial charge in [0.2, 0.25) is 11.8 Å². The monoisotopic (exact) mass is 475 g/mol. The lowest BCUT2D eigenvalue weighted by Gasteiger charge is -2.26. The number of ether oxygens (including phenoxy) is 1. The number of hydrogen-bond donors (Lipinski definition) is 3. The molecule has 1 aliphatic rings. The second kappa shape index (κ2) is 11.7. The van der Waals surface area contributed by atoms with Gasteiger partial charge in [-0.15, -0.1) is 0 Å². The zero-order valence-electron chi connectivity index (χ0n) is 20.3. The van der Waals surface area contributed by atoms with Crippen LogP contribution in [0.25, 0.3) is 0 Å². The van der Waals surface area contributed by atoms with E-state index < -0.39 is 41.3 Å². The third kappa shape index (κ3) is 7.38. The van der Waals surface area contributed by atoms with Crippen molar-refractivity contribution in [3.05, 3.63) is 17.5 Å². The number of aromatic nitrogens is 1. The van der Waals surface area contributed by atoms with Gasteiger partial charge in [0.05, 0.1) is 25.1 Å². The van der Waals surface area contributed by atoms with Gasteiger partial charge in [0, 0.05) is 18.6 Å². The molecule has 1 aromatic rings. The number of methoxy groups -OCH3 is 1. The normalized spacial score (nSPS) is 16.6. The Balaban J connectivity index is 2.09. The zero-order valence-corrected chi connectivity index (χ0v) is 20.3. The average Bonchev–Trinajstić information content (AvgIpc) is 3.37. The van der Waals surface area contributed by atoms with Crippen molar-refractivity contribution < 1.29 is 28.4 Å². The van der Waals surface area contributed by atoms with Gasteiger partial charge in [0.1, 0.15) is 17.8 Å². The number of amides is 3. The van der Waals surface area contributed by atoms with Crippen LogP contribution < -0.4 is 16.0 Å². The predicted molar refractivity (Wildman–Crippen MR) is 120 cm³/mol. The molecule has 1 heterocycles. The molecular weight excluding hydrogens is 442 g/mol. The number of rotatable bonds is 13. The van der Waals surface area contributed by atoms with E-state index in [-0.39, 0.29) is 30.4 Å². The standard InChI is InChI=1S/C23H33N5O6/c1-13(2)10-16(19(29)23(4)7-8-23)26-20(30)15(6-9-24)25-22(32)18(12-33-5)27-21(31)17-11-14(3)34-28-17/h11,13,15-16,18H,6-8,10,12H2,1-5H3,(H,25,32)(H,26,30)(H,27,31)/t15-,16-,18-/m0/s1. The first-order valence-corrected chi connectivity index (χ1v) is 11.3. The lowest BCUT2D eigenvalue weighted by molar-refractivity contribution is -0.133. The van der Waals surface area contributed by atoms with Crippen LogP contribution >= 0.6 is 0 Å². The van der Waals surface area contributed by atoms with Crippen LogP contribution in [0.5, 0.6) is 0 Å². The Kier molecular flexibility index (Phi) is 9.32. The van der Waals surface area contributed by atoms with E-state index in [1.807, 2.05) is 26.8 Å². The fourth-order valence-electron chi connectivity index (χ4n) is 3.46. The lowest BCUT2D eigenvalue weighted by atomic mass is 9.91. The number of aryl methyl sites for hydroxylation is 1. The lowest BCUT2D eigenvalue weighted by Crippen LogP contribution is -2.57. The molecule has 0 bridgehead atoms. The minimum Gasteiger partial charge on any atom is -0.382 e. The van der Waals surface area contributed by atoms with Gasteiger partial charge in [-0.2, -0.15) is 5.26 Å². The summed E-state index contributed by atoms with van der Waals surface area (Å²) in [5.74, 6) is -1.46. The summed E-state index contributed by atoms with van der Waals surface area (Å²) in [6, 6.07) is 0.224. The molecule has 1 fully saturated rings. The largest absolute Gasteiger partial charge is 0.382 e. The van der Waals surface area contributed by atoms with Gasteiger partial charge in [-0.1, -0.05) is 25.9 Å². The second-order valence-corrected chi connectivity index (χ2v) is 9.34. The maximum absolute atomic E-state index is 13.0. The number of hydrogen-bond acceptors (Lipinski definition) is 8. The van der Waals surface area contributed by atoms with Gasteiger partial charge in [-0.05, 0) is 32.1 Å². The molecule has 11 nitrogen and oxygen atoms in total. The van der Waals surface area contributed by atoms with Gasteiger partial charge in [-0.25, -0.2) is 0 Å². The van der Waals surface area contributed by atoms with Crippen LogP contribution in [0.3, 0.4) is 0 Å². The summed E-state index contributed by atoms with van der Waals surface area (Å²) in [4.78, 5) is 51.1. The number of carbonyl (C=O) groups is 4. The minimum absolute atomic E-state index is 0.0127. The van der Waals surface area contributed by atoms with Crippen LogP contribution in [0.4, 0.5) is 0 Å². The van der Waals surface area contributed by atoms with Gasteiger partial charge >= 0.3 is 0 Å². The number of nitrogens with zero attached hydrogens (tertiary/aromatic N) is 2. The maximum atomic E-state index is 13.0. The SMILES string of the molecule is COC[C@H](NC(=O)c1cc(C)on1)C(=O)N[C@@H](CC#N)C(=O)N[C@@H](CC(C)C)C(=O)C1(C)CC1. The molecule has 0 radical (unpaired) electrons. The molecule has 11 heteroatoms. The van der Waals surface area contributed by atoms with E-state index >= 15 is 0 Å². The molecular formula is C23H33N5O6. The van der Waals surface area contributed by atoms with Crippen molar-refractivity contribution in [1.82, 2.24) is 21.1 Å². The van der Waals surface area contributed by atoms with Gasteiger partial charge in [-0.3, -0.25) is 19.2 Å². The number of ketones is 1. The van der Waals surface area contributed by atoms with E-state index in [2.05, 4.69) is 21.1 Å². The molecule has 0 spiro atoms. The number of nitriles is 1. The summed E-state index contributed by atoms with van der Waals surface area (Å²) < 4.78 is 9.89. The summed E-state index contributed by atoms with van der Waals surface area (Å²) in [7, 11) is 1.35. The van der Waals surface area contributed by atoms with Crippen LogP contribution in [0.15, 0.2) is 10.6 Å². The molecule has 3 atom stereocenters. The molecule has 1 saturated carbocycles. The van der Waals surface area contributed by atoms with Crippen molar-refractivity contribution in [2.45, 2.75) is 71.5 Å². The molecule has 34 heavy (non-hydrogen) atoms. The van der Waals surface area contributed by atoms with E-state index in [1.165, 1.54) is 13.2 Å². The van der Waals surface area contributed by atoms with Crippen LogP contribution in [-0.4, -0.2) is 60.5 Å². The molecule has 186 valence electrons. The van der Waals surface area contributed by atoms with Crippen molar-refractivity contribution in [1.29, 1.82) is 5.26 Å². The molecule has 0 saturated heterocycles. The molecule has 0 aromatic carbocycles. The third-order valence-corrected chi connectivity index (χ3v) is 5.68. The average molecular weight is 476 g/mol. The first-order chi connectivity index (χ1) is 16.0. The highest BCUT2D eigenvalue weighted by atomic mass is 16.5. The van der Waals surface area contributed by atoms with Gasteiger partial charge in [0.15, 0.2) is 11.5 Å². The first-order valence-electron chi connectivity index (χ1n) is 11.3. The number of carbonyl (C=O) groups excluding carboxylic acids is 4. The zero-order chi connectivity index (χ0) is 25.5. The van der Waals surface area contributed by atoms with Crippen molar-refractivity contribution in [3.8, 4) is 6.07 Å². The molecule has 3 amide bonds. The van der Waals surface area contributed by atoms with Crippen LogP contribution in [0.2, 0.25) is 0 Å². The Labute approximate surface area is 198 Å². The molecule has 0 unspecified atom stereocenters. The topological polar surface area (TPSA) is 163 Å². The number of Topliss-reactive ketones (excluding diaryl/α,β-unsaturated/α-hetero) is 1. The highest BCUT2D eigenvalue weighted by molar-refractivity contribution is 5.98. The Morgan fingerprint density at radius 2 is 1.76 bits per heavy atom. The second-order valence-electron chi connectivity index (χ2n) is 9.34. The fourth-order valence-corrected chi connectivity index (χ4v) is 3.46. The predicted octanol–water partition coefficient (Wildman–Crippen LogP) is 1.03. The summed E-state index contributed by atoms with van der Waals surface area (Å²) >= 11 is 0. The smallest absolute Gasteiger partial charge is 0.274 e.